The number of nitrogen functional groups attached to an aromatic ring is 1. The highest BCUT2D eigenvalue weighted by Crippen LogP contribution is 2.33. The van der Waals surface area contributed by atoms with Crippen LogP contribution in [0.1, 0.15) is 39.3 Å². The Hall–Kier alpha value is -2.61. The first-order chi connectivity index (χ1) is 12.7. The number of piperidine rings is 1. The first-order valence-electron chi connectivity index (χ1n) is 9.23. The van der Waals surface area contributed by atoms with Gasteiger partial charge in [-0.2, -0.15) is 14.6 Å². The maximum absolute atomic E-state index is 5.86. The van der Waals surface area contributed by atoms with Crippen LogP contribution in [0.3, 0.4) is 0 Å². The molecule has 1 atom stereocenters. The van der Waals surface area contributed by atoms with E-state index in [1.54, 1.807) is 0 Å². The van der Waals surface area contributed by atoms with Crippen LogP contribution < -0.4 is 10.6 Å². The second kappa shape index (κ2) is 6.95. The van der Waals surface area contributed by atoms with Crippen LogP contribution in [0.2, 0.25) is 0 Å². The van der Waals surface area contributed by atoms with Crippen molar-refractivity contribution in [2.24, 2.45) is 0 Å². The highest BCUT2D eigenvalue weighted by atomic mass is 16.5. The van der Waals surface area contributed by atoms with Gasteiger partial charge in [-0.1, -0.05) is 0 Å². The molecule has 3 aromatic rings. The molecule has 8 heteroatoms. The smallest absolute Gasteiger partial charge is 0.240 e. The van der Waals surface area contributed by atoms with Gasteiger partial charge in [-0.25, -0.2) is 4.68 Å². The van der Waals surface area contributed by atoms with Crippen LogP contribution in [0.5, 0.6) is 0 Å². The number of hydrogen-bond donors (Lipinski definition) is 1. The van der Waals surface area contributed by atoms with Crippen LogP contribution in [-0.2, 0) is 4.74 Å². The molecule has 0 aromatic carbocycles. The molecule has 0 aliphatic carbocycles. The van der Waals surface area contributed by atoms with Crippen LogP contribution in [-0.4, -0.2) is 44.1 Å². The van der Waals surface area contributed by atoms with E-state index in [1.807, 2.05) is 41.5 Å². The highest BCUT2D eigenvalue weighted by molar-refractivity contribution is 5.78. The standard InChI is InChI=1S/C18H25N7O/c1-3-26-13(2)24-12-14(11-20-24)15-7-8-16-21-18(19)22-25(16)17(15)23-9-5-4-6-10-23/h7-8,11-13H,3-6,9-10H2,1-2H3,(H2,19,22). The van der Waals surface area contributed by atoms with E-state index in [2.05, 4.69) is 26.1 Å². The maximum atomic E-state index is 5.86. The molecular weight excluding hydrogens is 330 g/mol. The fourth-order valence-electron chi connectivity index (χ4n) is 3.58. The number of hydrogen-bond acceptors (Lipinski definition) is 6. The minimum atomic E-state index is -0.0991. The van der Waals surface area contributed by atoms with Crippen LogP contribution >= 0.6 is 0 Å². The lowest BCUT2D eigenvalue weighted by atomic mass is 10.1. The molecule has 26 heavy (non-hydrogen) atoms. The maximum Gasteiger partial charge on any atom is 0.240 e. The van der Waals surface area contributed by atoms with Crippen molar-refractivity contribution in [1.82, 2.24) is 24.4 Å². The quantitative estimate of drug-likeness (QED) is 0.757. The van der Waals surface area contributed by atoms with E-state index in [0.29, 0.717) is 12.6 Å². The summed E-state index contributed by atoms with van der Waals surface area (Å²) in [6.45, 7) is 6.65. The number of anilines is 2. The van der Waals surface area contributed by atoms with Gasteiger partial charge >= 0.3 is 0 Å². The molecule has 0 spiro atoms. The molecular formula is C18H25N7O. The number of fused-ring (bicyclic) bond motifs is 1. The zero-order valence-corrected chi connectivity index (χ0v) is 15.3. The van der Waals surface area contributed by atoms with Crippen molar-refractivity contribution in [1.29, 1.82) is 0 Å². The second-order valence-corrected chi connectivity index (χ2v) is 6.62. The van der Waals surface area contributed by atoms with Gasteiger partial charge in [-0.05, 0) is 45.2 Å². The van der Waals surface area contributed by atoms with Crippen molar-refractivity contribution in [3.05, 3.63) is 24.5 Å². The van der Waals surface area contributed by atoms with Gasteiger partial charge < -0.3 is 15.4 Å². The molecule has 8 nitrogen and oxygen atoms in total. The van der Waals surface area contributed by atoms with Crippen LogP contribution in [0.15, 0.2) is 24.5 Å². The van der Waals surface area contributed by atoms with E-state index in [9.17, 15) is 0 Å². The first-order valence-corrected chi connectivity index (χ1v) is 9.23. The molecule has 4 heterocycles. The molecule has 1 aliphatic rings. The van der Waals surface area contributed by atoms with Gasteiger partial charge in [-0.3, -0.25) is 0 Å². The van der Waals surface area contributed by atoms with Crippen molar-refractivity contribution < 1.29 is 4.74 Å². The Morgan fingerprint density at radius 1 is 1.23 bits per heavy atom. The zero-order chi connectivity index (χ0) is 18.1. The number of pyridine rings is 1. The van der Waals surface area contributed by atoms with Gasteiger partial charge in [0.1, 0.15) is 12.0 Å². The van der Waals surface area contributed by atoms with E-state index in [-0.39, 0.29) is 6.23 Å². The van der Waals surface area contributed by atoms with Gasteiger partial charge in [0.25, 0.3) is 0 Å². The Labute approximate surface area is 152 Å². The lowest BCUT2D eigenvalue weighted by Crippen LogP contribution is -2.31. The van der Waals surface area contributed by atoms with E-state index in [0.717, 1.165) is 35.7 Å². The summed E-state index contributed by atoms with van der Waals surface area (Å²) in [6, 6.07) is 4.04. The van der Waals surface area contributed by atoms with E-state index < -0.39 is 0 Å². The van der Waals surface area contributed by atoms with E-state index in [4.69, 9.17) is 10.5 Å². The Bertz CT molecular complexity index is 894. The number of nitrogens with zero attached hydrogens (tertiary/aromatic N) is 6. The summed E-state index contributed by atoms with van der Waals surface area (Å²) in [5, 5.41) is 8.92. The largest absolute Gasteiger partial charge is 0.366 e. The number of nitrogens with two attached hydrogens (primary N) is 1. The van der Waals surface area contributed by atoms with Gasteiger partial charge in [0, 0.05) is 37.0 Å². The van der Waals surface area contributed by atoms with Crippen molar-refractivity contribution in [2.45, 2.75) is 39.3 Å². The summed E-state index contributed by atoms with van der Waals surface area (Å²) in [5.74, 6) is 1.33. The van der Waals surface area contributed by atoms with Gasteiger partial charge in [0.05, 0.1) is 6.20 Å². The Kier molecular flexibility index (Phi) is 4.50. The molecule has 0 saturated carbocycles. The molecule has 4 rings (SSSR count). The summed E-state index contributed by atoms with van der Waals surface area (Å²) >= 11 is 0. The van der Waals surface area contributed by atoms with Gasteiger partial charge in [0.15, 0.2) is 5.65 Å². The Morgan fingerprint density at radius 2 is 2.04 bits per heavy atom. The van der Waals surface area contributed by atoms with E-state index >= 15 is 0 Å². The highest BCUT2D eigenvalue weighted by Gasteiger charge is 2.21. The fourth-order valence-corrected chi connectivity index (χ4v) is 3.58. The molecule has 1 unspecified atom stereocenters. The van der Waals surface area contributed by atoms with Crippen molar-refractivity contribution in [3.63, 3.8) is 0 Å². The molecule has 0 amide bonds. The monoisotopic (exact) mass is 355 g/mol. The lowest BCUT2D eigenvalue weighted by Gasteiger charge is -2.30. The summed E-state index contributed by atoms with van der Waals surface area (Å²) < 4.78 is 9.35. The fraction of sp³-hybridized carbons (Fsp3) is 0.500. The second-order valence-electron chi connectivity index (χ2n) is 6.62. The third kappa shape index (κ3) is 3.01. The minimum Gasteiger partial charge on any atom is -0.366 e. The molecule has 1 saturated heterocycles. The summed E-state index contributed by atoms with van der Waals surface area (Å²) in [7, 11) is 0. The predicted octanol–water partition coefficient (Wildman–Crippen LogP) is 2.72. The molecule has 1 fully saturated rings. The number of ether oxygens (including phenoxy) is 1. The third-order valence-electron chi connectivity index (χ3n) is 4.84. The number of rotatable bonds is 5. The average molecular weight is 355 g/mol. The van der Waals surface area contributed by atoms with E-state index in [1.165, 1.54) is 19.3 Å². The van der Waals surface area contributed by atoms with Gasteiger partial charge in [-0.15, -0.1) is 5.10 Å². The Morgan fingerprint density at radius 3 is 2.81 bits per heavy atom. The lowest BCUT2D eigenvalue weighted by molar-refractivity contribution is 0.0160. The van der Waals surface area contributed by atoms with Crippen LogP contribution in [0.25, 0.3) is 16.8 Å². The first kappa shape index (κ1) is 16.8. The molecule has 1 aliphatic heterocycles. The summed E-state index contributed by atoms with van der Waals surface area (Å²) in [5.41, 5.74) is 8.74. The normalized spacial score (nSPS) is 16.3. The Balaban J connectivity index is 1.81. The average Bonchev–Trinajstić information content (AvgIpc) is 3.27. The number of aromatic nitrogens is 5. The van der Waals surface area contributed by atoms with Crippen LogP contribution in [0, 0.1) is 0 Å². The molecule has 0 radical (unpaired) electrons. The van der Waals surface area contributed by atoms with Crippen molar-refractivity contribution >= 4 is 17.4 Å². The molecule has 138 valence electrons. The molecule has 0 bridgehead atoms. The van der Waals surface area contributed by atoms with Crippen molar-refractivity contribution in [2.75, 3.05) is 30.3 Å². The van der Waals surface area contributed by atoms with Crippen LogP contribution in [0.4, 0.5) is 11.8 Å². The molecule has 2 N–H and O–H groups in total. The SMILES string of the molecule is CCOC(C)n1cc(-c2ccc3nc(N)nn3c2N2CCCCC2)cn1. The minimum absolute atomic E-state index is 0.0991. The summed E-state index contributed by atoms with van der Waals surface area (Å²) in [6.07, 6.45) is 7.43. The zero-order valence-electron chi connectivity index (χ0n) is 15.3. The van der Waals surface area contributed by atoms with Crippen molar-refractivity contribution in [3.8, 4) is 11.1 Å². The predicted molar refractivity (Wildman–Crippen MR) is 101 cm³/mol. The third-order valence-corrected chi connectivity index (χ3v) is 4.84. The van der Waals surface area contributed by atoms with Gasteiger partial charge in [0.2, 0.25) is 5.95 Å². The topological polar surface area (TPSA) is 86.5 Å². The summed E-state index contributed by atoms with van der Waals surface area (Å²) in [4.78, 5) is 6.70. The molecule has 3 aromatic heterocycles.